The number of benzene rings is 2. The number of urea groups is 1. The van der Waals surface area contributed by atoms with Gasteiger partial charge >= 0.3 is 22.2 Å². The third-order valence-corrected chi connectivity index (χ3v) is 6.25. The number of amides is 2. The first-order valence-corrected chi connectivity index (χ1v) is 11.6. The van der Waals surface area contributed by atoms with Crippen molar-refractivity contribution in [2.75, 3.05) is 17.4 Å². The second kappa shape index (κ2) is 9.21. The van der Waals surface area contributed by atoms with E-state index in [2.05, 4.69) is 9.79 Å². The number of carbonyl (C=O) groups is 1. The van der Waals surface area contributed by atoms with Crippen molar-refractivity contribution in [2.24, 2.45) is 4.36 Å². The lowest BCUT2D eigenvalue weighted by atomic mass is 10.2. The molecule has 0 spiro atoms. The molecule has 1 N–H and O–H groups in total. The molecule has 2 amide bonds. The van der Waals surface area contributed by atoms with Gasteiger partial charge in [0.2, 0.25) is 0 Å². The SMILES string of the molecule is CNn1c(=O)n(-c2ccc(N(C(=O)N=S(=O)=O)c3ccc(Cl)s3)cc2)c(=O)c2cc(F)ccc21. The van der Waals surface area contributed by atoms with Crippen molar-refractivity contribution in [1.29, 1.82) is 0 Å². The van der Waals surface area contributed by atoms with E-state index < -0.39 is 33.6 Å². The highest BCUT2D eigenvalue weighted by atomic mass is 35.5. The van der Waals surface area contributed by atoms with Crippen molar-refractivity contribution in [3.05, 3.63) is 85.6 Å². The van der Waals surface area contributed by atoms with Crippen LogP contribution < -0.4 is 21.6 Å². The molecule has 2 aromatic carbocycles. The van der Waals surface area contributed by atoms with Crippen molar-refractivity contribution in [2.45, 2.75) is 0 Å². The van der Waals surface area contributed by atoms with Crippen LogP contribution >= 0.6 is 22.9 Å². The molecular weight excluding hydrogens is 509 g/mol. The lowest BCUT2D eigenvalue weighted by Gasteiger charge is -2.18. The number of anilines is 2. The molecule has 0 radical (unpaired) electrons. The van der Waals surface area contributed by atoms with Crippen LogP contribution in [0, 0.1) is 5.82 Å². The van der Waals surface area contributed by atoms with E-state index in [9.17, 15) is 27.2 Å². The Kier molecular flexibility index (Phi) is 6.32. The predicted molar refractivity (Wildman–Crippen MR) is 127 cm³/mol. The molecule has 174 valence electrons. The third-order valence-electron chi connectivity index (χ3n) is 4.73. The highest BCUT2D eigenvalue weighted by molar-refractivity contribution is 7.62. The quantitative estimate of drug-likeness (QED) is 0.438. The summed E-state index contributed by atoms with van der Waals surface area (Å²) >= 11 is 6.97. The zero-order valence-electron chi connectivity index (χ0n) is 17.1. The van der Waals surface area contributed by atoms with Gasteiger partial charge in [-0.05, 0) is 54.6 Å². The van der Waals surface area contributed by atoms with Gasteiger partial charge in [-0.25, -0.2) is 23.2 Å². The van der Waals surface area contributed by atoms with Gasteiger partial charge in [-0.3, -0.25) is 9.69 Å². The van der Waals surface area contributed by atoms with E-state index in [0.717, 1.165) is 37.6 Å². The Hall–Kier alpha value is -3.81. The van der Waals surface area contributed by atoms with Gasteiger partial charge in [0.1, 0.15) is 10.8 Å². The number of aromatic nitrogens is 2. The molecule has 0 aliphatic heterocycles. The predicted octanol–water partition coefficient (Wildman–Crippen LogP) is 3.50. The molecular formula is C20H13ClFN5O5S2. The van der Waals surface area contributed by atoms with E-state index in [1.54, 1.807) is 0 Å². The highest BCUT2D eigenvalue weighted by Gasteiger charge is 2.21. The number of nitrogens with zero attached hydrogens (tertiary/aromatic N) is 4. The minimum absolute atomic E-state index is 0.0280. The number of hydrogen-bond acceptors (Lipinski definition) is 7. The van der Waals surface area contributed by atoms with Crippen molar-refractivity contribution in [1.82, 2.24) is 9.24 Å². The van der Waals surface area contributed by atoms with Crippen molar-refractivity contribution in [3.8, 4) is 5.69 Å². The van der Waals surface area contributed by atoms with Crippen LogP contribution in [0.25, 0.3) is 16.6 Å². The average Bonchev–Trinajstić information content (AvgIpc) is 3.21. The van der Waals surface area contributed by atoms with Gasteiger partial charge in [0, 0.05) is 7.05 Å². The summed E-state index contributed by atoms with van der Waals surface area (Å²) in [5.74, 6) is -0.643. The van der Waals surface area contributed by atoms with Gasteiger partial charge in [-0.2, -0.15) is 8.42 Å². The molecule has 0 saturated heterocycles. The largest absolute Gasteiger partial charge is 0.368 e. The molecule has 0 unspecified atom stereocenters. The van der Waals surface area contributed by atoms with E-state index in [4.69, 9.17) is 11.6 Å². The Bertz CT molecular complexity index is 1690. The molecule has 0 bridgehead atoms. The Morgan fingerprint density at radius 3 is 2.41 bits per heavy atom. The van der Waals surface area contributed by atoms with Crippen LogP contribution in [0.15, 0.2) is 68.5 Å². The molecule has 4 rings (SSSR count). The van der Waals surface area contributed by atoms with E-state index in [0.29, 0.717) is 9.34 Å². The maximum absolute atomic E-state index is 13.8. The second-order valence-electron chi connectivity index (χ2n) is 6.66. The van der Waals surface area contributed by atoms with Crippen molar-refractivity contribution in [3.63, 3.8) is 0 Å². The van der Waals surface area contributed by atoms with E-state index in [-0.39, 0.29) is 22.3 Å². The van der Waals surface area contributed by atoms with Gasteiger partial charge in [0.05, 0.1) is 26.6 Å². The van der Waals surface area contributed by atoms with Crippen LogP contribution in [0.5, 0.6) is 0 Å². The normalized spacial score (nSPS) is 10.8. The van der Waals surface area contributed by atoms with Crippen molar-refractivity contribution >= 4 is 61.1 Å². The maximum Gasteiger partial charge on any atom is 0.368 e. The monoisotopic (exact) mass is 521 g/mol. The first-order valence-electron chi connectivity index (χ1n) is 9.37. The molecule has 0 saturated carbocycles. The van der Waals surface area contributed by atoms with Gasteiger partial charge in [-0.1, -0.05) is 16.0 Å². The molecule has 2 aromatic heterocycles. The minimum Gasteiger partial charge on any atom is -0.324 e. The van der Waals surface area contributed by atoms with Crippen LogP contribution in [-0.4, -0.2) is 30.7 Å². The molecule has 0 fully saturated rings. The van der Waals surface area contributed by atoms with Crippen LogP contribution in [0.2, 0.25) is 4.34 Å². The maximum atomic E-state index is 13.8. The van der Waals surface area contributed by atoms with Gasteiger partial charge in [0.25, 0.3) is 5.56 Å². The smallest absolute Gasteiger partial charge is 0.324 e. The molecule has 0 atom stereocenters. The van der Waals surface area contributed by atoms with Gasteiger partial charge in [0.15, 0.2) is 0 Å². The summed E-state index contributed by atoms with van der Waals surface area (Å²) in [5.41, 5.74) is 1.74. The summed E-state index contributed by atoms with van der Waals surface area (Å²) < 4.78 is 41.0. The minimum atomic E-state index is -2.99. The first kappa shape index (κ1) is 23.4. The summed E-state index contributed by atoms with van der Waals surface area (Å²) in [6, 6.07) is 11.0. The fraction of sp³-hybridized carbons (Fsp3) is 0.0500. The Labute approximate surface area is 200 Å². The van der Waals surface area contributed by atoms with Crippen LogP contribution in [0.4, 0.5) is 19.9 Å². The number of rotatable bonds is 4. The second-order valence-corrected chi connectivity index (χ2v) is 8.97. The van der Waals surface area contributed by atoms with E-state index in [1.807, 2.05) is 0 Å². The number of fused-ring (bicyclic) bond motifs is 1. The van der Waals surface area contributed by atoms with E-state index in [1.165, 1.54) is 49.5 Å². The number of hydrogen-bond donors (Lipinski definition) is 1. The average molecular weight is 522 g/mol. The lowest BCUT2D eigenvalue weighted by Crippen LogP contribution is -2.41. The fourth-order valence-electron chi connectivity index (χ4n) is 3.34. The molecule has 14 heteroatoms. The van der Waals surface area contributed by atoms with Crippen molar-refractivity contribution < 1.29 is 17.6 Å². The van der Waals surface area contributed by atoms with Crippen LogP contribution in [-0.2, 0) is 10.5 Å². The Balaban J connectivity index is 1.88. The summed E-state index contributed by atoms with van der Waals surface area (Å²) in [5, 5.41) is 0.271. The molecule has 2 heterocycles. The Morgan fingerprint density at radius 1 is 1.12 bits per heavy atom. The molecule has 0 aliphatic rings. The standard InChI is InChI=1S/C20H13ClFN5O5S2/c1-23-27-15-7-2-11(22)10-14(15)18(28)26(20(27)30)13-5-3-12(4-6-13)25(19(29)24-34(31)32)17-9-8-16(21)33-17/h2-10,23H,1H3. The van der Waals surface area contributed by atoms with Crippen LogP contribution in [0.1, 0.15) is 0 Å². The van der Waals surface area contributed by atoms with Crippen LogP contribution in [0.3, 0.4) is 0 Å². The summed E-state index contributed by atoms with van der Waals surface area (Å²) in [6.07, 6.45) is 0. The molecule has 10 nitrogen and oxygen atoms in total. The number of carbonyl (C=O) groups excluding carboxylic acids is 1. The Morgan fingerprint density at radius 2 is 1.82 bits per heavy atom. The molecule has 4 aromatic rings. The molecule has 34 heavy (non-hydrogen) atoms. The lowest BCUT2D eigenvalue weighted by molar-refractivity contribution is 0.256. The number of nitrogens with one attached hydrogen (secondary N) is 1. The number of halogens is 2. The summed E-state index contributed by atoms with van der Waals surface area (Å²) in [6.45, 7) is 0. The summed E-state index contributed by atoms with van der Waals surface area (Å²) in [7, 11) is -1.51. The van der Waals surface area contributed by atoms with Gasteiger partial charge < -0.3 is 5.43 Å². The number of thiophene rings is 1. The third kappa shape index (κ3) is 4.23. The zero-order chi connectivity index (χ0) is 24.6. The molecule has 0 aliphatic carbocycles. The highest BCUT2D eigenvalue weighted by Crippen LogP contribution is 2.35. The zero-order valence-corrected chi connectivity index (χ0v) is 19.5. The first-order chi connectivity index (χ1) is 16.2. The van der Waals surface area contributed by atoms with Gasteiger partial charge in [-0.15, -0.1) is 11.3 Å². The summed E-state index contributed by atoms with van der Waals surface area (Å²) in [4.78, 5) is 39.5. The fourth-order valence-corrected chi connectivity index (χ4v) is 4.60. The van der Waals surface area contributed by atoms with E-state index >= 15 is 0 Å². The topological polar surface area (TPSA) is 123 Å².